The van der Waals surface area contributed by atoms with Gasteiger partial charge in [-0.05, 0) is 37.8 Å². The molecule has 0 spiro atoms. The summed E-state index contributed by atoms with van der Waals surface area (Å²) in [6, 6.07) is 8.55. The van der Waals surface area contributed by atoms with Crippen molar-refractivity contribution in [2.45, 2.75) is 38.1 Å². The maximum absolute atomic E-state index is 12.4. The molecule has 2 amide bonds. The van der Waals surface area contributed by atoms with Gasteiger partial charge in [-0.3, -0.25) is 9.69 Å². The number of nitrogens with one attached hydrogen (secondary N) is 1. The van der Waals surface area contributed by atoms with Crippen LogP contribution in [-0.4, -0.2) is 29.2 Å². The van der Waals surface area contributed by atoms with Crippen molar-refractivity contribution in [2.75, 3.05) is 11.4 Å². The second-order valence-electron chi connectivity index (χ2n) is 5.23. The Kier molecular flexibility index (Phi) is 4.27. The number of hydrogen-bond acceptors (Lipinski definition) is 2. The fourth-order valence-corrected chi connectivity index (χ4v) is 2.49. The van der Waals surface area contributed by atoms with Crippen molar-refractivity contribution in [1.29, 1.82) is 0 Å². The van der Waals surface area contributed by atoms with E-state index in [4.69, 9.17) is 5.11 Å². The summed E-state index contributed by atoms with van der Waals surface area (Å²) in [5.41, 5.74) is 0.445. The number of carbonyl (C=O) groups excluding carboxylic acids is 1. The number of carboxylic acids is 1. The first-order valence-corrected chi connectivity index (χ1v) is 6.93. The number of aliphatic carboxylic acids is 1. The van der Waals surface area contributed by atoms with Gasteiger partial charge in [0.2, 0.25) is 0 Å². The summed E-state index contributed by atoms with van der Waals surface area (Å²) in [7, 11) is 0. The monoisotopic (exact) mass is 276 g/mol. The third-order valence-corrected chi connectivity index (χ3v) is 3.97. The van der Waals surface area contributed by atoms with Gasteiger partial charge in [0.05, 0.1) is 0 Å². The van der Waals surface area contributed by atoms with Crippen LogP contribution in [0.25, 0.3) is 0 Å². The molecule has 0 aliphatic heterocycles. The standard InChI is InChI=1S/C15H20N2O3/c1-2-15(9-6-10-15)16-14(20)17(11-13(18)19)12-7-4-3-5-8-12/h3-5,7-8H,2,6,9-11H2,1H3,(H,16,20)(H,18,19). The number of para-hydroxylation sites is 1. The van der Waals surface area contributed by atoms with Gasteiger partial charge in [-0.15, -0.1) is 0 Å². The van der Waals surface area contributed by atoms with E-state index in [0.717, 1.165) is 25.7 Å². The van der Waals surface area contributed by atoms with Crippen LogP contribution < -0.4 is 10.2 Å². The van der Waals surface area contributed by atoms with Crippen LogP contribution in [0.5, 0.6) is 0 Å². The Morgan fingerprint density at radius 1 is 1.30 bits per heavy atom. The lowest BCUT2D eigenvalue weighted by Crippen LogP contribution is -2.57. The summed E-state index contributed by atoms with van der Waals surface area (Å²) in [6.45, 7) is 1.71. The number of nitrogens with zero attached hydrogens (tertiary/aromatic N) is 1. The molecule has 0 atom stereocenters. The summed E-state index contributed by atoms with van der Waals surface area (Å²) >= 11 is 0. The Balaban J connectivity index is 2.14. The van der Waals surface area contributed by atoms with Gasteiger partial charge in [0.25, 0.3) is 0 Å². The van der Waals surface area contributed by atoms with Crippen LogP contribution in [0.4, 0.5) is 10.5 Å². The van der Waals surface area contributed by atoms with E-state index in [1.54, 1.807) is 24.3 Å². The first-order chi connectivity index (χ1) is 9.56. The number of rotatable bonds is 5. The summed E-state index contributed by atoms with van der Waals surface area (Å²) in [5, 5.41) is 12.0. The molecule has 2 N–H and O–H groups in total. The zero-order chi connectivity index (χ0) is 14.6. The van der Waals surface area contributed by atoms with Gasteiger partial charge in [0.15, 0.2) is 0 Å². The Morgan fingerprint density at radius 3 is 2.40 bits per heavy atom. The Bertz CT molecular complexity index is 478. The lowest BCUT2D eigenvalue weighted by Gasteiger charge is -2.43. The lowest BCUT2D eigenvalue weighted by molar-refractivity contribution is -0.135. The van der Waals surface area contributed by atoms with Crippen molar-refractivity contribution in [3.05, 3.63) is 30.3 Å². The highest BCUT2D eigenvalue weighted by Gasteiger charge is 2.37. The van der Waals surface area contributed by atoms with E-state index < -0.39 is 5.97 Å². The molecule has 1 saturated carbocycles. The summed E-state index contributed by atoms with van der Waals surface area (Å²) in [4.78, 5) is 24.7. The van der Waals surface area contributed by atoms with Crippen molar-refractivity contribution < 1.29 is 14.7 Å². The zero-order valence-electron chi connectivity index (χ0n) is 11.6. The minimum atomic E-state index is -1.02. The van der Waals surface area contributed by atoms with Crippen LogP contribution in [0, 0.1) is 0 Å². The van der Waals surface area contributed by atoms with E-state index in [2.05, 4.69) is 5.32 Å². The molecular formula is C15H20N2O3. The minimum absolute atomic E-state index is 0.150. The molecule has 1 aliphatic rings. The first-order valence-electron chi connectivity index (χ1n) is 6.93. The molecule has 0 bridgehead atoms. The smallest absolute Gasteiger partial charge is 0.323 e. The minimum Gasteiger partial charge on any atom is -0.480 e. The molecule has 108 valence electrons. The second-order valence-corrected chi connectivity index (χ2v) is 5.23. The van der Waals surface area contributed by atoms with Crippen molar-refractivity contribution in [3.8, 4) is 0 Å². The Morgan fingerprint density at radius 2 is 1.95 bits per heavy atom. The van der Waals surface area contributed by atoms with Crippen molar-refractivity contribution in [1.82, 2.24) is 5.32 Å². The summed E-state index contributed by atoms with van der Waals surface area (Å²) in [5.74, 6) is -1.02. The van der Waals surface area contributed by atoms with Gasteiger partial charge in [0.1, 0.15) is 6.54 Å². The highest BCUT2D eigenvalue weighted by atomic mass is 16.4. The van der Waals surface area contributed by atoms with Crippen LogP contribution in [-0.2, 0) is 4.79 Å². The van der Waals surface area contributed by atoms with Gasteiger partial charge in [-0.2, -0.15) is 0 Å². The number of carboxylic acid groups (broad SMARTS) is 1. The fraction of sp³-hybridized carbons (Fsp3) is 0.467. The topological polar surface area (TPSA) is 69.6 Å². The normalized spacial score (nSPS) is 16.1. The molecule has 1 aromatic carbocycles. The fourth-order valence-electron chi connectivity index (χ4n) is 2.49. The molecule has 0 saturated heterocycles. The molecule has 0 aromatic heterocycles. The van der Waals surface area contributed by atoms with Crippen LogP contribution in [0.1, 0.15) is 32.6 Å². The Labute approximate surface area is 118 Å². The average Bonchev–Trinajstić information content (AvgIpc) is 2.41. The summed E-state index contributed by atoms with van der Waals surface area (Å²) < 4.78 is 0. The van der Waals surface area contributed by atoms with Crippen LogP contribution in [0.2, 0.25) is 0 Å². The predicted octanol–water partition coefficient (Wildman–Crippen LogP) is 2.62. The van der Waals surface area contributed by atoms with Crippen LogP contribution in [0.3, 0.4) is 0 Å². The highest BCUT2D eigenvalue weighted by molar-refractivity contribution is 5.96. The van der Waals surface area contributed by atoms with Crippen LogP contribution >= 0.6 is 0 Å². The molecule has 0 heterocycles. The van der Waals surface area contributed by atoms with E-state index >= 15 is 0 Å². The SMILES string of the molecule is CCC1(NC(=O)N(CC(=O)O)c2ccccc2)CCC1. The maximum Gasteiger partial charge on any atom is 0.323 e. The van der Waals surface area contributed by atoms with E-state index in [-0.39, 0.29) is 18.1 Å². The number of urea groups is 1. The maximum atomic E-state index is 12.4. The zero-order valence-corrected chi connectivity index (χ0v) is 11.6. The van der Waals surface area contributed by atoms with Crippen molar-refractivity contribution in [3.63, 3.8) is 0 Å². The predicted molar refractivity (Wildman–Crippen MR) is 76.8 cm³/mol. The van der Waals surface area contributed by atoms with E-state index in [9.17, 15) is 9.59 Å². The van der Waals surface area contributed by atoms with Crippen molar-refractivity contribution >= 4 is 17.7 Å². The number of amides is 2. The molecule has 20 heavy (non-hydrogen) atoms. The number of carbonyl (C=O) groups is 2. The lowest BCUT2D eigenvalue weighted by atomic mass is 9.75. The number of anilines is 1. The average molecular weight is 276 g/mol. The number of hydrogen-bond donors (Lipinski definition) is 2. The largest absolute Gasteiger partial charge is 0.480 e. The molecule has 0 radical (unpaired) electrons. The number of benzene rings is 1. The Hall–Kier alpha value is -2.04. The van der Waals surface area contributed by atoms with Gasteiger partial charge in [-0.1, -0.05) is 25.1 Å². The van der Waals surface area contributed by atoms with Crippen molar-refractivity contribution in [2.24, 2.45) is 0 Å². The van der Waals surface area contributed by atoms with E-state index in [0.29, 0.717) is 5.69 Å². The molecule has 5 heteroatoms. The molecule has 1 fully saturated rings. The van der Waals surface area contributed by atoms with Gasteiger partial charge in [-0.25, -0.2) is 4.79 Å². The molecule has 0 unspecified atom stereocenters. The molecular weight excluding hydrogens is 256 g/mol. The third kappa shape index (κ3) is 3.10. The highest BCUT2D eigenvalue weighted by Crippen LogP contribution is 2.34. The van der Waals surface area contributed by atoms with Crippen LogP contribution in [0.15, 0.2) is 30.3 Å². The quantitative estimate of drug-likeness (QED) is 0.868. The van der Waals surface area contributed by atoms with E-state index in [1.165, 1.54) is 4.90 Å². The molecule has 1 aromatic rings. The molecule has 2 rings (SSSR count). The second kappa shape index (κ2) is 5.94. The van der Waals surface area contributed by atoms with Gasteiger partial charge < -0.3 is 10.4 Å². The summed E-state index contributed by atoms with van der Waals surface area (Å²) in [6.07, 6.45) is 3.91. The molecule has 1 aliphatic carbocycles. The molecule has 5 nitrogen and oxygen atoms in total. The first kappa shape index (κ1) is 14.4. The van der Waals surface area contributed by atoms with Gasteiger partial charge in [0, 0.05) is 11.2 Å². The van der Waals surface area contributed by atoms with Gasteiger partial charge >= 0.3 is 12.0 Å². The third-order valence-electron chi connectivity index (χ3n) is 3.97. The van der Waals surface area contributed by atoms with E-state index in [1.807, 2.05) is 13.0 Å².